The van der Waals surface area contributed by atoms with Crippen LogP contribution < -0.4 is 15.4 Å². The summed E-state index contributed by atoms with van der Waals surface area (Å²) in [4.78, 5) is 16.7. The SMILES string of the molecule is COc1ccc(Cn2cnc(C3NC(=O)c4ccccc4N3)c2)cc1. The van der Waals surface area contributed by atoms with Crippen LogP contribution in [0.3, 0.4) is 0 Å². The number of amides is 1. The Hall–Kier alpha value is -3.28. The van der Waals surface area contributed by atoms with E-state index in [0.717, 1.165) is 22.7 Å². The first-order valence-electron chi connectivity index (χ1n) is 8.04. The minimum absolute atomic E-state index is 0.0935. The summed E-state index contributed by atoms with van der Waals surface area (Å²) in [5.74, 6) is 0.743. The molecular weight excluding hydrogens is 316 g/mol. The number of rotatable bonds is 4. The Bertz CT molecular complexity index is 902. The summed E-state index contributed by atoms with van der Waals surface area (Å²) in [5, 5.41) is 6.25. The summed E-state index contributed by atoms with van der Waals surface area (Å²) in [6.07, 6.45) is 3.38. The lowest BCUT2D eigenvalue weighted by Crippen LogP contribution is -2.38. The van der Waals surface area contributed by atoms with Gasteiger partial charge < -0.3 is 19.9 Å². The van der Waals surface area contributed by atoms with Crippen molar-refractivity contribution >= 4 is 11.6 Å². The second-order valence-corrected chi connectivity index (χ2v) is 5.92. The highest BCUT2D eigenvalue weighted by molar-refractivity contribution is 6.01. The zero-order valence-electron chi connectivity index (χ0n) is 13.8. The van der Waals surface area contributed by atoms with Gasteiger partial charge in [-0.25, -0.2) is 4.98 Å². The van der Waals surface area contributed by atoms with Crippen molar-refractivity contribution in [3.63, 3.8) is 0 Å². The van der Waals surface area contributed by atoms with Gasteiger partial charge in [-0.3, -0.25) is 4.79 Å². The molecule has 1 amide bonds. The van der Waals surface area contributed by atoms with Crippen molar-refractivity contribution in [2.75, 3.05) is 12.4 Å². The zero-order chi connectivity index (χ0) is 17.2. The Morgan fingerprint density at radius 3 is 2.72 bits per heavy atom. The van der Waals surface area contributed by atoms with Crippen LogP contribution in [0.2, 0.25) is 0 Å². The lowest BCUT2D eigenvalue weighted by Gasteiger charge is -2.26. The number of carbonyl (C=O) groups excluding carboxylic acids is 1. The van der Waals surface area contributed by atoms with Gasteiger partial charge in [0.05, 0.1) is 19.0 Å². The van der Waals surface area contributed by atoms with E-state index in [4.69, 9.17) is 4.74 Å². The van der Waals surface area contributed by atoms with E-state index < -0.39 is 0 Å². The number of carbonyl (C=O) groups is 1. The molecule has 1 aliphatic heterocycles. The quantitative estimate of drug-likeness (QED) is 0.770. The minimum Gasteiger partial charge on any atom is -0.497 e. The average molecular weight is 334 g/mol. The number of nitrogens with one attached hydrogen (secondary N) is 2. The molecule has 1 aromatic heterocycles. The third kappa shape index (κ3) is 3.06. The van der Waals surface area contributed by atoms with Crippen LogP contribution >= 0.6 is 0 Å². The van der Waals surface area contributed by atoms with Gasteiger partial charge in [-0.05, 0) is 29.8 Å². The fraction of sp³-hybridized carbons (Fsp3) is 0.158. The predicted octanol–water partition coefficient (Wildman–Crippen LogP) is 2.79. The van der Waals surface area contributed by atoms with E-state index >= 15 is 0 Å². The molecule has 2 heterocycles. The van der Waals surface area contributed by atoms with Gasteiger partial charge in [0.2, 0.25) is 0 Å². The van der Waals surface area contributed by atoms with Crippen LogP contribution in [-0.4, -0.2) is 22.6 Å². The number of methoxy groups -OCH3 is 1. The minimum atomic E-state index is -0.334. The van der Waals surface area contributed by atoms with Gasteiger partial charge in [-0.15, -0.1) is 0 Å². The molecule has 0 saturated carbocycles. The van der Waals surface area contributed by atoms with Gasteiger partial charge in [0, 0.05) is 18.4 Å². The molecule has 1 atom stereocenters. The monoisotopic (exact) mass is 334 g/mol. The van der Waals surface area contributed by atoms with Crippen LogP contribution in [-0.2, 0) is 6.54 Å². The molecule has 3 aromatic rings. The van der Waals surface area contributed by atoms with E-state index in [-0.39, 0.29) is 12.1 Å². The molecular formula is C19H18N4O2. The first-order chi connectivity index (χ1) is 12.2. The molecule has 126 valence electrons. The number of nitrogens with zero attached hydrogens (tertiary/aromatic N) is 2. The van der Waals surface area contributed by atoms with Gasteiger partial charge in [0.15, 0.2) is 0 Å². The van der Waals surface area contributed by atoms with E-state index in [1.54, 1.807) is 19.5 Å². The number of fused-ring (bicyclic) bond motifs is 1. The summed E-state index contributed by atoms with van der Waals surface area (Å²) in [6.45, 7) is 0.703. The molecule has 2 N–H and O–H groups in total. The summed E-state index contributed by atoms with van der Waals surface area (Å²) in [6, 6.07) is 15.4. The van der Waals surface area contributed by atoms with E-state index in [0.29, 0.717) is 12.1 Å². The van der Waals surface area contributed by atoms with Gasteiger partial charge >= 0.3 is 0 Å². The normalized spacial score (nSPS) is 15.9. The lowest BCUT2D eigenvalue weighted by atomic mass is 10.1. The Morgan fingerprint density at radius 1 is 1.12 bits per heavy atom. The third-order valence-corrected chi connectivity index (χ3v) is 4.22. The maximum absolute atomic E-state index is 12.2. The molecule has 0 radical (unpaired) electrons. The summed E-state index contributed by atoms with van der Waals surface area (Å²) in [5.41, 5.74) is 3.39. The van der Waals surface area contributed by atoms with Crippen LogP contribution in [0, 0.1) is 0 Å². The standard InChI is InChI=1S/C19H18N4O2/c1-25-14-8-6-13(7-9-14)10-23-11-17(20-12-23)18-21-16-5-3-2-4-15(16)19(24)22-18/h2-9,11-12,18,21H,10H2,1H3,(H,22,24). The lowest BCUT2D eigenvalue weighted by molar-refractivity contribution is 0.0935. The molecule has 0 aliphatic carbocycles. The second-order valence-electron chi connectivity index (χ2n) is 5.92. The van der Waals surface area contributed by atoms with Crippen molar-refractivity contribution in [2.45, 2.75) is 12.7 Å². The number of aromatic nitrogens is 2. The average Bonchev–Trinajstić information content (AvgIpc) is 3.11. The number of benzene rings is 2. The number of ether oxygens (including phenoxy) is 1. The number of hydrogen-bond acceptors (Lipinski definition) is 4. The summed E-state index contributed by atoms with van der Waals surface area (Å²) >= 11 is 0. The van der Waals surface area contributed by atoms with E-state index in [9.17, 15) is 4.79 Å². The maximum atomic E-state index is 12.2. The Kier molecular flexibility index (Phi) is 3.85. The van der Waals surface area contributed by atoms with E-state index in [1.165, 1.54) is 0 Å². The van der Waals surface area contributed by atoms with Crippen molar-refractivity contribution in [2.24, 2.45) is 0 Å². The Labute approximate surface area is 145 Å². The molecule has 0 spiro atoms. The molecule has 0 fully saturated rings. The molecule has 4 rings (SSSR count). The van der Waals surface area contributed by atoms with Crippen molar-refractivity contribution in [3.05, 3.63) is 77.9 Å². The zero-order valence-corrected chi connectivity index (χ0v) is 13.8. The highest BCUT2D eigenvalue weighted by Crippen LogP contribution is 2.25. The molecule has 1 aliphatic rings. The van der Waals surface area contributed by atoms with Crippen LogP contribution in [0.1, 0.15) is 27.8 Å². The highest BCUT2D eigenvalue weighted by atomic mass is 16.5. The Balaban J connectivity index is 1.50. The highest BCUT2D eigenvalue weighted by Gasteiger charge is 2.25. The van der Waals surface area contributed by atoms with Gasteiger partial charge in [-0.2, -0.15) is 0 Å². The fourth-order valence-electron chi connectivity index (χ4n) is 2.91. The fourth-order valence-corrected chi connectivity index (χ4v) is 2.91. The van der Waals surface area contributed by atoms with Crippen molar-refractivity contribution in [3.8, 4) is 5.75 Å². The van der Waals surface area contributed by atoms with Gasteiger partial charge in [0.1, 0.15) is 17.6 Å². The van der Waals surface area contributed by atoms with Crippen molar-refractivity contribution in [1.82, 2.24) is 14.9 Å². The number of anilines is 1. The van der Waals surface area contributed by atoms with Crippen LogP contribution in [0.4, 0.5) is 5.69 Å². The second kappa shape index (κ2) is 6.32. The van der Waals surface area contributed by atoms with Gasteiger partial charge in [0.25, 0.3) is 5.91 Å². The third-order valence-electron chi connectivity index (χ3n) is 4.22. The predicted molar refractivity (Wildman–Crippen MR) is 94.6 cm³/mol. The van der Waals surface area contributed by atoms with Crippen LogP contribution in [0.15, 0.2) is 61.1 Å². The summed E-state index contributed by atoms with van der Waals surface area (Å²) < 4.78 is 7.17. The first kappa shape index (κ1) is 15.3. The molecule has 6 nitrogen and oxygen atoms in total. The van der Waals surface area contributed by atoms with Crippen LogP contribution in [0.5, 0.6) is 5.75 Å². The first-order valence-corrected chi connectivity index (χ1v) is 8.04. The molecule has 1 unspecified atom stereocenters. The smallest absolute Gasteiger partial charge is 0.255 e. The maximum Gasteiger partial charge on any atom is 0.255 e. The molecule has 25 heavy (non-hydrogen) atoms. The van der Waals surface area contributed by atoms with Gasteiger partial charge in [-0.1, -0.05) is 24.3 Å². The van der Waals surface area contributed by atoms with E-state index in [1.807, 2.05) is 53.2 Å². The molecule has 6 heteroatoms. The largest absolute Gasteiger partial charge is 0.497 e. The topological polar surface area (TPSA) is 68.2 Å². The molecule has 0 bridgehead atoms. The molecule has 2 aromatic carbocycles. The van der Waals surface area contributed by atoms with E-state index in [2.05, 4.69) is 15.6 Å². The molecule has 0 saturated heterocycles. The number of imidazole rings is 1. The number of hydrogen-bond donors (Lipinski definition) is 2. The summed E-state index contributed by atoms with van der Waals surface area (Å²) in [7, 11) is 1.65. The van der Waals surface area contributed by atoms with Crippen molar-refractivity contribution < 1.29 is 9.53 Å². The van der Waals surface area contributed by atoms with Crippen LogP contribution in [0.25, 0.3) is 0 Å². The number of para-hydroxylation sites is 1. The Morgan fingerprint density at radius 2 is 1.92 bits per heavy atom. The van der Waals surface area contributed by atoms with Crippen molar-refractivity contribution in [1.29, 1.82) is 0 Å².